The molecule has 4 nitrogen and oxygen atoms in total. The van der Waals surface area contributed by atoms with Gasteiger partial charge in [0.15, 0.2) is 6.73 Å². The molecule has 2 aromatic carbocycles. The molecule has 0 aliphatic carbocycles. The van der Waals surface area contributed by atoms with Gasteiger partial charge in [-0.05, 0) is 61.7 Å². The van der Waals surface area contributed by atoms with E-state index in [4.69, 9.17) is 9.15 Å². The van der Waals surface area contributed by atoms with Gasteiger partial charge >= 0.3 is 5.63 Å². The molecule has 0 spiro atoms. The third-order valence-electron chi connectivity index (χ3n) is 4.48. The fraction of sp³-hybridized carbons (Fsp3) is 0.250. The van der Waals surface area contributed by atoms with Crippen LogP contribution in [0.2, 0.25) is 0 Å². The molecular weight excluding hydrogens is 302 g/mol. The van der Waals surface area contributed by atoms with Crippen molar-refractivity contribution in [2.45, 2.75) is 27.3 Å². The minimum Gasteiger partial charge on any atom is -0.473 e. The summed E-state index contributed by atoms with van der Waals surface area (Å²) >= 11 is 0. The molecular formula is C20H19NO3. The topological polar surface area (TPSA) is 42.7 Å². The highest BCUT2D eigenvalue weighted by molar-refractivity contribution is 5.85. The molecule has 0 unspecified atom stereocenters. The Bertz CT molecular complexity index is 983. The van der Waals surface area contributed by atoms with Crippen molar-refractivity contribution >= 4 is 16.7 Å². The lowest BCUT2D eigenvalue weighted by atomic mass is 10.0. The van der Waals surface area contributed by atoms with E-state index < -0.39 is 0 Å². The van der Waals surface area contributed by atoms with Gasteiger partial charge in [-0.25, -0.2) is 4.79 Å². The number of benzene rings is 2. The number of rotatable bonds is 1. The summed E-state index contributed by atoms with van der Waals surface area (Å²) in [6.07, 6.45) is 0. The van der Waals surface area contributed by atoms with E-state index in [0.717, 1.165) is 28.0 Å². The summed E-state index contributed by atoms with van der Waals surface area (Å²) in [5, 5.41) is 0.958. The molecule has 3 aromatic rings. The highest BCUT2D eigenvalue weighted by atomic mass is 16.5. The van der Waals surface area contributed by atoms with E-state index in [1.807, 2.05) is 19.1 Å². The molecule has 0 saturated carbocycles. The van der Waals surface area contributed by atoms with Crippen LogP contribution in [0.15, 0.2) is 45.6 Å². The molecule has 0 bridgehead atoms. The zero-order chi connectivity index (χ0) is 16.8. The first-order valence-electron chi connectivity index (χ1n) is 8.03. The Labute approximate surface area is 140 Å². The first-order valence-corrected chi connectivity index (χ1v) is 8.03. The SMILES string of the molecule is Cc1cc(C)cc(N2COc3ccc4c(C)cc(=O)oc4c3C2)c1. The smallest absolute Gasteiger partial charge is 0.336 e. The second kappa shape index (κ2) is 5.41. The Kier molecular flexibility index (Phi) is 3.34. The van der Waals surface area contributed by atoms with Gasteiger partial charge in [-0.1, -0.05) is 6.07 Å². The van der Waals surface area contributed by atoms with Gasteiger partial charge in [-0.15, -0.1) is 0 Å². The fourth-order valence-corrected chi connectivity index (χ4v) is 3.39. The van der Waals surface area contributed by atoms with Crippen LogP contribution in [0, 0.1) is 20.8 Å². The van der Waals surface area contributed by atoms with E-state index in [9.17, 15) is 4.79 Å². The molecule has 0 atom stereocenters. The summed E-state index contributed by atoms with van der Waals surface area (Å²) in [4.78, 5) is 14.0. The third kappa shape index (κ3) is 2.44. The molecule has 4 rings (SSSR count). The monoisotopic (exact) mass is 321 g/mol. The second-order valence-corrected chi connectivity index (χ2v) is 6.48. The van der Waals surface area contributed by atoms with E-state index in [1.165, 1.54) is 17.2 Å². The lowest BCUT2D eigenvalue weighted by Gasteiger charge is -2.31. The standard InChI is InChI=1S/C20H19NO3/c1-12-6-13(2)8-15(7-12)21-10-17-18(23-11-21)5-4-16-14(3)9-19(22)24-20(16)17/h4-9H,10-11H2,1-3H3. The van der Waals surface area contributed by atoms with Gasteiger partial charge in [-0.3, -0.25) is 0 Å². The molecule has 1 aliphatic rings. The molecule has 4 heteroatoms. The van der Waals surface area contributed by atoms with Gasteiger partial charge in [0.2, 0.25) is 0 Å². The average molecular weight is 321 g/mol. The van der Waals surface area contributed by atoms with Crippen molar-refractivity contribution in [3.8, 4) is 5.75 Å². The van der Waals surface area contributed by atoms with Crippen LogP contribution in [0.25, 0.3) is 11.0 Å². The number of nitrogens with zero attached hydrogens (tertiary/aromatic N) is 1. The van der Waals surface area contributed by atoms with E-state index in [0.29, 0.717) is 18.9 Å². The summed E-state index contributed by atoms with van der Waals surface area (Å²) < 4.78 is 11.4. The van der Waals surface area contributed by atoms with Crippen LogP contribution in [-0.2, 0) is 6.54 Å². The van der Waals surface area contributed by atoms with Crippen molar-refractivity contribution < 1.29 is 9.15 Å². The van der Waals surface area contributed by atoms with E-state index in [1.54, 1.807) is 0 Å². The number of hydrogen-bond donors (Lipinski definition) is 0. The number of fused-ring (bicyclic) bond motifs is 3. The first kappa shape index (κ1) is 14.8. The van der Waals surface area contributed by atoms with Gasteiger partial charge in [0.25, 0.3) is 0 Å². The quantitative estimate of drug-likeness (QED) is 0.634. The summed E-state index contributed by atoms with van der Waals surface area (Å²) in [7, 11) is 0. The van der Waals surface area contributed by atoms with E-state index >= 15 is 0 Å². The van der Waals surface area contributed by atoms with Crippen LogP contribution in [0.3, 0.4) is 0 Å². The molecule has 0 saturated heterocycles. The van der Waals surface area contributed by atoms with Crippen molar-refractivity contribution in [1.82, 2.24) is 0 Å². The highest BCUT2D eigenvalue weighted by Crippen LogP contribution is 2.34. The normalized spacial score (nSPS) is 13.7. The van der Waals surface area contributed by atoms with Crippen LogP contribution in [-0.4, -0.2) is 6.73 Å². The predicted molar refractivity (Wildman–Crippen MR) is 94.8 cm³/mol. The molecule has 0 radical (unpaired) electrons. The summed E-state index contributed by atoms with van der Waals surface area (Å²) in [6, 6.07) is 11.9. The minimum atomic E-state index is -0.322. The van der Waals surface area contributed by atoms with Gasteiger partial charge in [0.05, 0.1) is 12.1 Å². The maximum atomic E-state index is 11.8. The van der Waals surface area contributed by atoms with Crippen LogP contribution in [0.5, 0.6) is 5.75 Å². The summed E-state index contributed by atoms with van der Waals surface area (Å²) in [5.74, 6) is 0.789. The van der Waals surface area contributed by atoms with Crippen molar-refractivity contribution in [1.29, 1.82) is 0 Å². The van der Waals surface area contributed by atoms with Crippen LogP contribution in [0.4, 0.5) is 5.69 Å². The molecule has 0 N–H and O–H groups in total. The number of hydrogen-bond acceptors (Lipinski definition) is 4. The average Bonchev–Trinajstić information content (AvgIpc) is 2.53. The number of aryl methyl sites for hydroxylation is 3. The molecule has 24 heavy (non-hydrogen) atoms. The fourth-order valence-electron chi connectivity index (χ4n) is 3.39. The maximum absolute atomic E-state index is 11.8. The second-order valence-electron chi connectivity index (χ2n) is 6.48. The lowest BCUT2D eigenvalue weighted by molar-refractivity contribution is 0.289. The van der Waals surface area contributed by atoms with E-state index in [-0.39, 0.29) is 5.63 Å². The molecule has 0 amide bonds. The Balaban J connectivity index is 1.84. The van der Waals surface area contributed by atoms with Gasteiger partial charge in [-0.2, -0.15) is 0 Å². The first-order chi connectivity index (χ1) is 11.5. The van der Waals surface area contributed by atoms with E-state index in [2.05, 4.69) is 36.9 Å². The largest absolute Gasteiger partial charge is 0.473 e. The minimum absolute atomic E-state index is 0.322. The van der Waals surface area contributed by atoms with Crippen LogP contribution in [0.1, 0.15) is 22.3 Å². The molecule has 1 aromatic heterocycles. The van der Waals surface area contributed by atoms with Crippen molar-refractivity contribution in [3.63, 3.8) is 0 Å². The Hall–Kier alpha value is -2.75. The molecule has 0 fully saturated rings. The van der Waals surface area contributed by atoms with Gasteiger partial charge < -0.3 is 14.1 Å². The van der Waals surface area contributed by atoms with Gasteiger partial charge in [0.1, 0.15) is 11.3 Å². The molecule has 2 heterocycles. The highest BCUT2D eigenvalue weighted by Gasteiger charge is 2.22. The van der Waals surface area contributed by atoms with Crippen molar-refractivity contribution in [3.05, 3.63) is 69.1 Å². The van der Waals surface area contributed by atoms with Gasteiger partial charge in [0, 0.05) is 17.1 Å². The molecule has 122 valence electrons. The lowest BCUT2D eigenvalue weighted by Crippen LogP contribution is -2.32. The van der Waals surface area contributed by atoms with Crippen molar-refractivity contribution in [2.75, 3.05) is 11.6 Å². The zero-order valence-corrected chi connectivity index (χ0v) is 14.1. The van der Waals surface area contributed by atoms with Crippen molar-refractivity contribution in [2.24, 2.45) is 0 Å². The third-order valence-corrected chi connectivity index (χ3v) is 4.48. The summed E-state index contributed by atoms with van der Waals surface area (Å²) in [6.45, 7) is 7.25. The zero-order valence-electron chi connectivity index (χ0n) is 14.1. The summed E-state index contributed by atoms with van der Waals surface area (Å²) in [5.41, 5.74) is 5.71. The Morgan fingerprint density at radius 3 is 2.50 bits per heavy atom. The Morgan fingerprint density at radius 2 is 1.75 bits per heavy atom. The van der Waals surface area contributed by atoms with Crippen LogP contribution < -0.4 is 15.3 Å². The maximum Gasteiger partial charge on any atom is 0.336 e. The van der Waals surface area contributed by atoms with Crippen LogP contribution >= 0.6 is 0 Å². The molecule has 1 aliphatic heterocycles. The Morgan fingerprint density at radius 1 is 1.00 bits per heavy atom. The predicted octanol–water partition coefficient (Wildman–Crippen LogP) is 4.07. The number of ether oxygens (including phenoxy) is 1. The number of anilines is 1.